The SMILES string of the molecule is CN(C(=O)c1cc2ccccc2[nH]1)[C@H]1CCCc2[nH]c(=O)c3cc(F)ccc3c21. The third kappa shape index (κ3) is 2.83. The number of nitrogens with one attached hydrogen (secondary N) is 2. The van der Waals surface area contributed by atoms with E-state index in [-0.39, 0.29) is 17.5 Å². The van der Waals surface area contributed by atoms with Crippen LogP contribution in [0.2, 0.25) is 0 Å². The normalized spacial score (nSPS) is 16.1. The van der Waals surface area contributed by atoms with Crippen LogP contribution in [0, 0.1) is 5.82 Å². The molecule has 0 radical (unpaired) electrons. The first kappa shape index (κ1) is 17.7. The zero-order valence-corrected chi connectivity index (χ0v) is 16.0. The van der Waals surface area contributed by atoms with Gasteiger partial charge in [-0.2, -0.15) is 0 Å². The van der Waals surface area contributed by atoms with E-state index < -0.39 is 5.82 Å². The molecule has 2 N–H and O–H groups in total. The van der Waals surface area contributed by atoms with E-state index in [2.05, 4.69) is 9.97 Å². The minimum Gasteiger partial charge on any atom is -0.351 e. The summed E-state index contributed by atoms with van der Waals surface area (Å²) in [4.78, 5) is 33.5. The molecule has 2 heterocycles. The summed E-state index contributed by atoms with van der Waals surface area (Å²) in [6.45, 7) is 0. The third-order valence-corrected chi connectivity index (χ3v) is 5.89. The molecule has 0 bridgehead atoms. The van der Waals surface area contributed by atoms with Crippen molar-refractivity contribution in [2.75, 3.05) is 7.05 Å². The largest absolute Gasteiger partial charge is 0.351 e. The molecule has 0 saturated carbocycles. The van der Waals surface area contributed by atoms with Crippen molar-refractivity contribution in [1.82, 2.24) is 14.9 Å². The van der Waals surface area contributed by atoms with Crippen molar-refractivity contribution in [3.63, 3.8) is 0 Å². The Morgan fingerprint density at radius 2 is 1.93 bits per heavy atom. The summed E-state index contributed by atoms with van der Waals surface area (Å²) in [5.74, 6) is -0.557. The number of rotatable bonds is 2. The molecule has 146 valence electrons. The number of carbonyl (C=O) groups excluding carboxylic acids is 1. The van der Waals surface area contributed by atoms with Gasteiger partial charge in [-0.15, -0.1) is 0 Å². The predicted octanol–water partition coefficient (Wildman–Crippen LogP) is 4.30. The number of hydrogen-bond acceptors (Lipinski definition) is 2. The van der Waals surface area contributed by atoms with Gasteiger partial charge in [0.25, 0.3) is 11.5 Å². The molecule has 1 atom stereocenters. The fourth-order valence-corrected chi connectivity index (χ4v) is 4.48. The molecule has 2 aromatic heterocycles. The fraction of sp³-hybridized carbons (Fsp3) is 0.217. The van der Waals surface area contributed by atoms with Crippen molar-refractivity contribution in [3.8, 4) is 0 Å². The zero-order valence-electron chi connectivity index (χ0n) is 16.0. The minimum absolute atomic E-state index is 0.111. The molecule has 0 aliphatic heterocycles. The molecule has 0 fully saturated rings. The summed E-state index contributed by atoms with van der Waals surface area (Å²) in [6, 6.07) is 13.7. The van der Waals surface area contributed by atoms with Crippen LogP contribution >= 0.6 is 0 Å². The van der Waals surface area contributed by atoms with E-state index in [1.165, 1.54) is 12.1 Å². The van der Waals surface area contributed by atoms with Gasteiger partial charge in [-0.05, 0) is 48.9 Å². The van der Waals surface area contributed by atoms with E-state index in [0.29, 0.717) is 16.5 Å². The number of para-hydroxylation sites is 1. The Labute approximate surface area is 166 Å². The van der Waals surface area contributed by atoms with Crippen molar-refractivity contribution < 1.29 is 9.18 Å². The van der Waals surface area contributed by atoms with Crippen molar-refractivity contribution in [2.45, 2.75) is 25.3 Å². The Bertz CT molecular complexity index is 1290. The lowest BCUT2D eigenvalue weighted by molar-refractivity contribution is 0.0711. The van der Waals surface area contributed by atoms with Crippen LogP contribution in [0.25, 0.3) is 21.7 Å². The summed E-state index contributed by atoms with van der Waals surface area (Å²) in [6.07, 6.45) is 2.39. The lowest BCUT2D eigenvalue weighted by atomic mass is 9.86. The first-order valence-corrected chi connectivity index (χ1v) is 9.72. The lowest BCUT2D eigenvalue weighted by Gasteiger charge is -2.33. The number of halogens is 1. The number of H-pyrrole nitrogens is 2. The highest BCUT2D eigenvalue weighted by Crippen LogP contribution is 2.37. The molecule has 5 nitrogen and oxygen atoms in total. The van der Waals surface area contributed by atoms with Crippen LogP contribution in [0.15, 0.2) is 53.3 Å². The van der Waals surface area contributed by atoms with Gasteiger partial charge in [0.2, 0.25) is 0 Å². The smallest absolute Gasteiger partial charge is 0.270 e. The molecular weight excluding hydrogens is 369 g/mol. The maximum absolute atomic E-state index is 13.7. The molecule has 6 heteroatoms. The molecule has 1 aliphatic carbocycles. The van der Waals surface area contributed by atoms with Crippen molar-refractivity contribution in [1.29, 1.82) is 0 Å². The number of benzene rings is 2. The lowest BCUT2D eigenvalue weighted by Crippen LogP contribution is -2.34. The molecule has 29 heavy (non-hydrogen) atoms. The second-order valence-corrected chi connectivity index (χ2v) is 7.63. The Hall–Kier alpha value is -3.41. The maximum Gasteiger partial charge on any atom is 0.270 e. The number of carbonyl (C=O) groups is 1. The number of nitrogens with zero attached hydrogens (tertiary/aromatic N) is 1. The number of aromatic nitrogens is 2. The molecule has 0 saturated heterocycles. The van der Waals surface area contributed by atoms with Gasteiger partial charge in [-0.25, -0.2) is 4.39 Å². The average molecular weight is 389 g/mol. The van der Waals surface area contributed by atoms with Gasteiger partial charge in [0.15, 0.2) is 0 Å². The van der Waals surface area contributed by atoms with Crippen molar-refractivity contribution >= 4 is 27.6 Å². The van der Waals surface area contributed by atoms with Crippen LogP contribution in [0.3, 0.4) is 0 Å². The highest BCUT2D eigenvalue weighted by Gasteiger charge is 2.30. The monoisotopic (exact) mass is 389 g/mol. The number of pyridine rings is 1. The van der Waals surface area contributed by atoms with Crippen LogP contribution in [0.4, 0.5) is 4.39 Å². The van der Waals surface area contributed by atoms with E-state index in [9.17, 15) is 14.0 Å². The summed E-state index contributed by atoms with van der Waals surface area (Å²) in [5.41, 5.74) is 2.90. The Morgan fingerprint density at radius 3 is 2.76 bits per heavy atom. The van der Waals surface area contributed by atoms with E-state index in [4.69, 9.17) is 0 Å². The number of aryl methyl sites for hydroxylation is 1. The second kappa shape index (κ2) is 6.58. The predicted molar refractivity (Wildman–Crippen MR) is 111 cm³/mol. The molecule has 2 aromatic carbocycles. The Morgan fingerprint density at radius 1 is 1.10 bits per heavy atom. The standard InChI is InChI=1S/C23H20FN3O2/c1-27(23(29)19-11-13-5-2-3-6-17(13)25-19)20-8-4-7-18-21(20)15-10-9-14(24)12-16(15)22(28)26-18/h2-3,5-6,9-12,20,25H,4,7-8H2,1H3,(H,26,28)/t20-/m0/s1. The first-order valence-electron chi connectivity index (χ1n) is 9.72. The first-order chi connectivity index (χ1) is 14.0. The number of hydrogen-bond donors (Lipinski definition) is 2. The van der Waals surface area contributed by atoms with Crippen molar-refractivity contribution in [3.05, 3.63) is 81.7 Å². The maximum atomic E-state index is 13.7. The topological polar surface area (TPSA) is 69.0 Å². The van der Waals surface area contributed by atoms with Crippen LogP contribution in [0.5, 0.6) is 0 Å². The summed E-state index contributed by atoms with van der Waals surface area (Å²) < 4.78 is 13.7. The molecule has 5 rings (SSSR count). The van der Waals surface area contributed by atoms with Crippen LogP contribution in [-0.2, 0) is 6.42 Å². The number of aromatic amines is 2. The van der Waals surface area contributed by atoms with Gasteiger partial charge < -0.3 is 14.9 Å². The molecule has 0 spiro atoms. The van der Waals surface area contributed by atoms with E-state index in [0.717, 1.165) is 41.4 Å². The van der Waals surface area contributed by atoms with Gasteiger partial charge in [0.1, 0.15) is 11.5 Å². The zero-order chi connectivity index (χ0) is 20.1. The molecule has 1 amide bonds. The number of fused-ring (bicyclic) bond motifs is 4. The average Bonchev–Trinajstić information content (AvgIpc) is 3.16. The molecule has 0 unspecified atom stereocenters. The quantitative estimate of drug-likeness (QED) is 0.537. The highest BCUT2D eigenvalue weighted by atomic mass is 19.1. The van der Waals surface area contributed by atoms with Gasteiger partial charge in [0, 0.05) is 29.2 Å². The van der Waals surface area contributed by atoms with Crippen LogP contribution < -0.4 is 5.56 Å². The van der Waals surface area contributed by atoms with Gasteiger partial charge in [0.05, 0.1) is 11.4 Å². The van der Waals surface area contributed by atoms with Gasteiger partial charge in [-0.3, -0.25) is 9.59 Å². The van der Waals surface area contributed by atoms with E-state index in [1.54, 1.807) is 18.0 Å². The summed E-state index contributed by atoms with van der Waals surface area (Å²) >= 11 is 0. The third-order valence-electron chi connectivity index (χ3n) is 5.89. The second-order valence-electron chi connectivity index (χ2n) is 7.63. The Kier molecular flexibility index (Phi) is 4.01. The van der Waals surface area contributed by atoms with Crippen molar-refractivity contribution in [2.24, 2.45) is 0 Å². The van der Waals surface area contributed by atoms with Gasteiger partial charge >= 0.3 is 0 Å². The fourth-order valence-electron chi connectivity index (χ4n) is 4.48. The minimum atomic E-state index is -0.446. The van der Waals surface area contributed by atoms with Gasteiger partial charge in [-0.1, -0.05) is 24.3 Å². The number of amides is 1. The molecule has 4 aromatic rings. The van der Waals surface area contributed by atoms with E-state index >= 15 is 0 Å². The Balaban J connectivity index is 1.60. The summed E-state index contributed by atoms with van der Waals surface area (Å²) in [7, 11) is 1.79. The van der Waals surface area contributed by atoms with Crippen LogP contribution in [-0.4, -0.2) is 27.8 Å². The van der Waals surface area contributed by atoms with Crippen LogP contribution in [0.1, 0.15) is 40.6 Å². The van der Waals surface area contributed by atoms with E-state index in [1.807, 2.05) is 30.3 Å². The summed E-state index contributed by atoms with van der Waals surface area (Å²) in [5, 5.41) is 2.02. The molecular formula is C23H20FN3O2. The molecule has 1 aliphatic rings. The highest BCUT2D eigenvalue weighted by molar-refractivity contribution is 5.98.